The van der Waals surface area contributed by atoms with E-state index < -0.39 is 26.0 Å². The van der Waals surface area contributed by atoms with Crippen molar-refractivity contribution in [2.45, 2.75) is 30.6 Å². The average Bonchev–Trinajstić information content (AvgIpc) is 3.42. The molecule has 1 fully saturated rings. The Balaban J connectivity index is 1.43. The molecule has 2 aromatic rings. The zero-order valence-electron chi connectivity index (χ0n) is 20.8. The topological polar surface area (TPSA) is 132 Å². The number of amides is 1. The van der Waals surface area contributed by atoms with Crippen molar-refractivity contribution in [2.24, 2.45) is 0 Å². The van der Waals surface area contributed by atoms with Crippen LogP contribution in [0.5, 0.6) is 17.2 Å². The van der Waals surface area contributed by atoms with Crippen LogP contribution < -0.4 is 23.8 Å². The molecule has 2 aromatic carbocycles. The van der Waals surface area contributed by atoms with Crippen LogP contribution in [-0.4, -0.2) is 73.3 Å². The standard InChI is InChI=1S/C24H31N3O8S2/c1-33-21-10-8-19(37(31,32)26-11-3-4-12-26)17-20(21)25-24(28)6-5-13-27(36(2,29)30)18-7-9-22-23(16-18)35-15-14-34-22/h7-10,16-17H,3-6,11-15H2,1-2H3,(H,25,28). The van der Waals surface area contributed by atoms with Gasteiger partial charge in [-0.1, -0.05) is 0 Å². The van der Waals surface area contributed by atoms with Gasteiger partial charge in [0.15, 0.2) is 11.5 Å². The Kier molecular flexibility index (Phi) is 8.14. The maximum Gasteiger partial charge on any atom is 0.243 e. The van der Waals surface area contributed by atoms with Crippen molar-refractivity contribution >= 4 is 37.3 Å². The molecule has 0 saturated carbocycles. The van der Waals surface area contributed by atoms with Gasteiger partial charge in [-0.3, -0.25) is 9.10 Å². The summed E-state index contributed by atoms with van der Waals surface area (Å²) in [5.41, 5.74) is 0.647. The lowest BCUT2D eigenvalue weighted by Crippen LogP contribution is -2.31. The first-order valence-corrected chi connectivity index (χ1v) is 15.2. The number of methoxy groups -OCH3 is 1. The smallest absolute Gasteiger partial charge is 0.243 e. The van der Waals surface area contributed by atoms with Crippen LogP contribution in [0.1, 0.15) is 25.7 Å². The number of ether oxygens (including phenoxy) is 3. The summed E-state index contributed by atoms with van der Waals surface area (Å²) < 4.78 is 69.8. The van der Waals surface area contributed by atoms with Crippen molar-refractivity contribution in [3.63, 3.8) is 0 Å². The Hall–Kier alpha value is -3.03. The van der Waals surface area contributed by atoms with Gasteiger partial charge in [0, 0.05) is 32.1 Å². The summed E-state index contributed by atoms with van der Waals surface area (Å²) in [4.78, 5) is 12.8. The summed E-state index contributed by atoms with van der Waals surface area (Å²) in [7, 11) is -5.87. The zero-order chi connectivity index (χ0) is 26.6. The molecule has 37 heavy (non-hydrogen) atoms. The Bertz CT molecular complexity index is 1360. The van der Waals surface area contributed by atoms with Gasteiger partial charge in [0.05, 0.1) is 29.6 Å². The van der Waals surface area contributed by atoms with Gasteiger partial charge in [-0.2, -0.15) is 4.31 Å². The average molecular weight is 554 g/mol. The van der Waals surface area contributed by atoms with Crippen molar-refractivity contribution in [3.8, 4) is 17.2 Å². The molecule has 2 aliphatic heterocycles. The molecule has 1 amide bonds. The predicted octanol–water partition coefficient (Wildman–Crippen LogP) is 2.44. The highest BCUT2D eigenvalue weighted by Gasteiger charge is 2.28. The van der Waals surface area contributed by atoms with Gasteiger partial charge in [-0.05, 0) is 49.6 Å². The van der Waals surface area contributed by atoms with E-state index in [0.717, 1.165) is 19.1 Å². The number of anilines is 2. The minimum absolute atomic E-state index is 0.00281. The summed E-state index contributed by atoms with van der Waals surface area (Å²) in [6.07, 6.45) is 2.96. The summed E-state index contributed by atoms with van der Waals surface area (Å²) in [6.45, 7) is 1.80. The van der Waals surface area contributed by atoms with Gasteiger partial charge in [0.25, 0.3) is 0 Å². The fourth-order valence-electron chi connectivity index (χ4n) is 4.29. The molecule has 2 aliphatic rings. The van der Waals surface area contributed by atoms with E-state index in [2.05, 4.69) is 5.32 Å². The monoisotopic (exact) mass is 553 g/mol. The van der Waals surface area contributed by atoms with E-state index in [0.29, 0.717) is 49.2 Å². The second kappa shape index (κ2) is 11.2. The van der Waals surface area contributed by atoms with E-state index in [1.54, 1.807) is 18.2 Å². The highest BCUT2D eigenvalue weighted by molar-refractivity contribution is 7.92. The number of rotatable bonds is 10. The lowest BCUT2D eigenvalue weighted by Gasteiger charge is -2.25. The lowest BCUT2D eigenvalue weighted by molar-refractivity contribution is -0.116. The molecule has 0 spiro atoms. The normalized spacial score (nSPS) is 15.8. The molecule has 202 valence electrons. The third kappa shape index (κ3) is 6.28. The Labute approximate surface area is 217 Å². The molecule has 0 atom stereocenters. The van der Waals surface area contributed by atoms with Gasteiger partial charge in [0.2, 0.25) is 26.0 Å². The van der Waals surface area contributed by atoms with Crippen LogP contribution in [0.25, 0.3) is 0 Å². The summed E-state index contributed by atoms with van der Waals surface area (Å²) >= 11 is 0. The minimum atomic E-state index is -3.67. The molecule has 0 bridgehead atoms. The quantitative estimate of drug-likeness (QED) is 0.475. The first kappa shape index (κ1) is 27.0. The number of nitrogens with one attached hydrogen (secondary N) is 1. The molecule has 2 heterocycles. The van der Waals surface area contributed by atoms with E-state index >= 15 is 0 Å². The van der Waals surface area contributed by atoms with Crippen LogP contribution in [0.4, 0.5) is 11.4 Å². The molecule has 11 nitrogen and oxygen atoms in total. The second-order valence-corrected chi connectivity index (χ2v) is 12.6. The maximum absolute atomic E-state index is 12.9. The van der Waals surface area contributed by atoms with E-state index in [-0.39, 0.29) is 30.0 Å². The summed E-state index contributed by atoms with van der Waals surface area (Å²) in [5.74, 6) is 0.934. The molecule has 0 aromatic heterocycles. The number of nitrogens with zero attached hydrogens (tertiary/aromatic N) is 2. The highest BCUT2D eigenvalue weighted by Crippen LogP contribution is 2.35. The highest BCUT2D eigenvalue weighted by atomic mass is 32.2. The van der Waals surface area contributed by atoms with E-state index in [1.165, 1.54) is 33.9 Å². The Morgan fingerprint density at radius 1 is 1.03 bits per heavy atom. The first-order valence-electron chi connectivity index (χ1n) is 11.9. The van der Waals surface area contributed by atoms with E-state index in [4.69, 9.17) is 14.2 Å². The van der Waals surface area contributed by atoms with Gasteiger partial charge in [-0.25, -0.2) is 16.8 Å². The lowest BCUT2D eigenvalue weighted by atomic mass is 10.2. The van der Waals surface area contributed by atoms with Crippen LogP contribution in [0.2, 0.25) is 0 Å². The van der Waals surface area contributed by atoms with Gasteiger partial charge in [-0.15, -0.1) is 0 Å². The van der Waals surface area contributed by atoms with Crippen molar-refractivity contribution in [3.05, 3.63) is 36.4 Å². The van der Waals surface area contributed by atoms with Crippen LogP contribution in [0, 0.1) is 0 Å². The van der Waals surface area contributed by atoms with Gasteiger partial charge >= 0.3 is 0 Å². The number of benzene rings is 2. The molecule has 0 unspecified atom stereocenters. The number of carbonyl (C=O) groups excluding carboxylic acids is 1. The van der Waals surface area contributed by atoms with Crippen LogP contribution in [-0.2, 0) is 24.8 Å². The van der Waals surface area contributed by atoms with Crippen molar-refractivity contribution in [2.75, 3.05) is 55.8 Å². The van der Waals surface area contributed by atoms with Gasteiger partial charge < -0.3 is 19.5 Å². The van der Waals surface area contributed by atoms with E-state index in [9.17, 15) is 21.6 Å². The minimum Gasteiger partial charge on any atom is -0.495 e. The largest absolute Gasteiger partial charge is 0.495 e. The number of sulfonamides is 2. The molecule has 0 aliphatic carbocycles. The van der Waals surface area contributed by atoms with Crippen LogP contribution in [0.3, 0.4) is 0 Å². The molecule has 1 N–H and O–H groups in total. The third-order valence-electron chi connectivity index (χ3n) is 6.13. The molecule has 4 rings (SSSR count). The Morgan fingerprint density at radius 3 is 2.41 bits per heavy atom. The molecular formula is C24H31N3O8S2. The fourth-order valence-corrected chi connectivity index (χ4v) is 6.79. The second-order valence-electron chi connectivity index (χ2n) is 8.79. The summed E-state index contributed by atoms with van der Waals surface area (Å²) in [6, 6.07) is 9.25. The zero-order valence-corrected chi connectivity index (χ0v) is 22.4. The number of fused-ring (bicyclic) bond motifs is 1. The molecule has 13 heteroatoms. The molecule has 0 radical (unpaired) electrons. The summed E-state index contributed by atoms with van der Waals surface area (Å²) in [5, 5.41) is 2.71. The number of hydrogen-bond acceptors (Lipinski definition) is 8. The van der Waals surface area contributed by atoms with Crippen molar-refractivity contribution in [1.82, 2.24) is 4.31 Å². The van der Waals surface area contributed by atoms with Crippen molar-refractivity contribution < 1.29 is 35.8 Å². The fraction of sp³-hybridized carbons (Fsp3) is 0.458. The SMILES string of the molecule is COc1ccc(S(=O)(=O)N2CCCC2)cc1NC(=O)CCCN(c1ccc2c(c1)OCCO2)S(C)(=O)=O. The van der Waals surface area contributed by atoms with Crippen LogP contribution in [0.15, 0.2) is 41.3 Å². The molecule has 1 saturated heterocycles. The number of carbonyl (C=O) groups is 1. The third-order valence-corrected chi connectivity index (χ3v) is 9.22. The van der Waals surface area contributed by atoms with Crippen molar-refractivity contribution in [1.29, 1.82) is 0 Å². The van der Waals surface area contributed by atoms with Crippen LogP contribution >= 0.6 is 0 Å². The Morgan fingerprint density at radius 2 is 1.73 bits per heavy atom. The number of hydrogen-bond donors (Lipinski definition) is 1. The van der Waals surface area contributed by atoms with E-state index in [1.807, 2.05) is 0 Å². The molecular weight excluding hydrogens is 522 g/mol. The maximum atomic E-state index is 12.9. The predicted molar refractivity (Wildman–Crippen MR) is 138 cm³/mol. The van der Waals surface area contributed by atoms with Gasteiger partial charge in [0.1, 0.15) is 19.0 Å². The first-order chi connectivity index (χ1) is 17.6.